The largest absolute Gasteiger partial charge is 0.337 e. The van der Waals surface area contributed by atoms with Crippen molar-refractivity contribution in [3.63, 3.8) is 0 Å². The van der Waals surface area contributed by atoms with E-state index in [0.29, 0.717) is 23.0 Å². The predicted molar refractivity (Wildman–Crippen MR) is 114 cm³/mol. The molecule has 0 aliphatic carbocycles. The second-order valence-electron chi connectivity index (χ2n) is 7.58. The van der Waals surface area contributed by atoms with Gasteiger partial charge in [-0.3, -0.25) is 9.59 Å². The molecule has 0 saturated carbocycles. The van der Waals surface area contributed by atoms with Gasteiger partial charge in [0.2, 0.25) is 0 Å². The van der Waals surface area contributed by atoms with E-state index < -0.39 is 0 Å². The van der Waals surface area contributed by atoms with Crippen LogP contribution in [0.5, 0.6) is 0 Å². The highest BCUT2D eigenvalue weighted by atomic mass is 16.2. The number of likely N-dealkylation sites (tertiary alicyclic amines) is 1. The first kappa shape index (κ1) is 19.1. The van der Waals surface area contributed by atoms with E-state index in [1.54, 1.807) is 30.3 Å². The van der Waals surface area contributed by atoms with Crippen LogP contribution in [-0.4, -0.2) is 59.8 Å². The second kappa shape index (κ2) is 8.01. The summed E-state index contributed by atoms with van der Waals surface area (Å²) in [7, 11) is 4.08. The van der Waals surface area contributed by atoms with E-state index in [-0.39, 0.29) is 11.8 Å². The van der Waals surface area contributed by atoms with Gasteiger partial charge in [-0.2, -0.15) is 0 Å². The molecule has 0 spiro atoms. The lowest BCUT2D eigenvalue weighted by molar-refractivity contribution is 0.0783. The molecule has 1 N–H and O–H groups in total. The summed E-state index contributed by atoms with van der Waals surface area (Å²) in [5, 5.41) is 3.84. The number of nitrogens with zero attached hydrogens (tertiary/aromatic N) is 3. The predicted octanol–water partition coefficient (Wildman–Crippen LogP) is 3.26. The van der Waals surface area contributed by atoms with Crippen molar-refractivity contribution in [2.24, 2.45) is 0 Å². The molecular formula is C23H24N4O2. The molecule has 4 rings (SSSR count). The molecule has 2 amide bonds. The molecule has 1 atom stereocenters. The minimum absolute atomic E-state index is 0.0309. The normalized spacial score (nSPS) is 16.4. The Kier molecular flexibility index (Phi) is 5.27. The van der Waals surface area contributed by atoms with Crippen LogP contribution in [0.25, 0.3) is 10.9 Å². The SMILES string of the molecule is CN(C)C1CCN(C(=O)c2ccc(NC(=O)c3ccc4ccccc4n3)cc2)C1. The van der Waals surface area contributed by atoms with E-state index in [1.165, 1.54) is 0 Å². The lowest BCUT2D eigenvalue weighted by Crippen LogP contribution is -2.34. The Balaban J connectivity index is 1.42. The van der Waals surface area contributed by atoms with Crippen molar-refractivity contribution in [1.82, 2.24) is 14.8 Å². The van der Waals surface area contributed by atoms with Gasteiger partial charge < -0.3 is 15.1 Å². The molecule has 2 aromatic carbocycles. The molecule has 1 aliphatic rings. The van der Waals surface area contributed by atoms with Crippen LogP contribution < -0.4 is 5.32 Å². The van der Waals surface area contributed by atoms with Gasteiger partial charge in [-0.1, -0.05) is 24.3 Å². The van der Waals surface area contributed by atoms with Gasteiger partial charge in [-0.15, -0.1) is 0 Å². The Morgan fingerprint density at radius 2 is 1.79 bits per heavy atom. The number of anilines is 1. The van der Waals surface area contributed by atoms with E-state index >= 15 is 0 Å². The molecule has 3 aromatic rings. The van der Waals surface area contributed by atoms with Crippen molar-refractivity contribution in [2.45, 2.75) is 12.5 Å². The van der Waals surface area contributed by atoms with Crippen LogP contribution in [0.2, 0.25) is 0 Å². The maximum absolute atomic E-state index is 12.7. The van der Waals surface area contributed by atoms with Crippen LogP contribution in [0.15, 0.2) is 60.7 Å². The van der Waals surface area contributed by atoms with Crippen LogP contribution >= 0.6 is 0 Å². The average Bonchev–Trinajstić information content (AvgIpc) is 3.24. The summed E-state index contributed by atoms with van der Waals surface area (Å²) >= 11 is 0. The molecule has 1 unspecified atom stereocenters. The summed E-state index contributed by atoms with van der Waals surface area (Å²) in [6.07, 6.45) is 0.992. The first-order chi connectivity index (χ1) is 14.0. The molecule has 6 heteroatoms. The first-order valence-corrected chi connectivity index (χ1v) is 9.74. The molecule has 1 aliphatic heterocycles. The number of para-hydroxylation sites is 1. The van der Waals surface area contributed by atoms with E-state index in [0.717, 1.165) is 30.4 Å². The lowest BCUT2D eigenvalue weighted by Gasteiger charge is -2.20. The van der Waals surface area contributed by atoms with Crippen molar-refractivity contribution >= 4 is 28.4 Å². The Morgan fingerprint density at radius 1 is 1.03 bits per heavy atom. The molecule has 148 valence electrons. The fourth-order valence-corrected chi connectivity index (χ4v) is 3.61. The number of hydrogen-bond acceptors (Lipinski definition) is 4. The van der Waals surface area contributed by atoms with Gasteiger partial charge in [-0.25, -0.2) is 4.98 Å². The van der Waals surface area contributed by atoms with Crippen molar-refractivity contribution in [3.05, 3.63) is 71.9 Å². The standard InChI is InChI=1S/C23H24N4O2/c1-26(2)19-13-14-27(15-19)23(29)17-7-10-18(11-8-17)24-22(28)21-12-9-16-5-3-4-6-20(16)25-21/h3-12,19H,13-15H2,1-2H3,(H,24,28). The molecule has 0 radical (unpaired) electrons. The zero-order chi connectivity index (χ0) is 20.4. The summed E-state index contributed by atoms with van der Waals surface area (Å²) in [5.74, 6) is -0.244. The van der Waals surface area contributed by atoms with Gasteiger partial charge in [0.1, 0.15) is 5.69 Å². The fourth-order valence-electron chi connectivity index (χ4n) is 3.61. The van der Waals surface area contributed by atoms with Crippen LogP contribution in [0.1, 0.15) is 27.3 Å². The molecule has 1 fully saturated rings. The molecule has 6 nitrogen and oxygen atoms in total. The van der Waals surface area contributed by atoms with Gasteiger partial charge in [0, 0.05) is 35.8 Å². The van der Waals surface area contributed by atoms with Gasteiger partial charge in [0.25, 0.3) is 11.8 Å². The monoisotopic (exact) mass is 388 g/mol. The Labute approximate surface area is 170 Å². The molecular weight excluding hydrogens is 364 g/mol. The topological polar surface area (TPSA) is 65.5 Å². The second-order valence-corrected chi connectivity index (χ2v) is 7.58. The quantitative estimate of drug-likeness (QED) is 0.745. The molecule has 29 heavy (non-hydrogen) atoms. The number of fused-ring (bicyclic) bond motifs is 1. The minimum atomic E-state index is -0.275. The van der Waals surface area contributed by atoms with Gasteiger partial charge >= 0.3 is 0 Å². The summed E-state index contributed by atoms with van der Waals surface area (Å²) in [4.78, 5) is 33.7. The Hall–Kier alpha value is -3.25. The maximum atomic E-state index is 12.7. The number of carbonyl (C=O) groups is 2. The van der Waals surface area contributed by atoms with Crippen LogP contribution in [0, 0.1) is 0 Å². The number of aromatic nitrogens is 1. The summed E-state index contributed by atoms with van der Waals surface area (Å²) in [6.45, 7) is 1.52. The van der Waals surface area contributed by atoms with Crippen LogP contribution in [0.4, 0.5) is 5.69 Å². The van der Waals surface area contributed by atoms with Crippen LogP contribution in [0.3, 0.4) is 0 Å². The number of hydrogen-bond donors (Lipinski definition) is 1. The average molecular weight is 388 g/mol. The number of benzene rings is 2. The summed E-state index contributed by atoms with van der Waals surface area (Å²) in [5.41, 5.74) is 2.40. The van der Waals surface area contributed by atoms with Crippen molar-refractivity contribution in [3.8, 4) is 0 Å². The van der Waals surface area contributed by atoms with Gasteiger partial charge in [0.05, 0.1) is 5.52 Å². The van der Waals surface area contributed by atoms with Crippen molar-refractivity contribution in [2.75, 3.05) is 32.5 Å². The highest BCUT2D eigenvalue weighted by molar-refractivity contribution is 6.04. The maximum Gasteiger partial charge on any atom is 0.274 e. The third-order valence-electron chi connectivity index (χ3n) is 5.40. The lowest BCUT2D eigenvalue weighted by atomic mass is 10.1. The number of nitrogens with one attached hydrogen (secondary N) is 1. The van der Waals surface area contributed by atoms with Crippen LogP contribution in [-0.2, 0) is 0 Å². The number of amides is 2. The summed E-state index contributed by atoms with van der Waals surface area (Å²) in [6, 6.07) is 18.7. The first-order valence-electron chi connectivity index (χ1n) is 9.74. The zero-order valence-corrected chi connectivity index (χ0v) is 16.6. The van der Waals surface area contributed by atoms with Gasteiger partial charge in [-0.05, 0) is 56.9 Å². The third-order valence-corrected chi connectivity index (χ3v) is 5.40. The molecule has 1 aromatic heterocycles. The minimum Gasteiger partial charge on any atom is -0.337 e. The number of rotatable bonds is 4. The van der Waals surface area contributed by atoms with E-state index in [2.05, 4.69) is 15.2 Å². The Morgan fingerprint density at radius 3 is 2.52 bits per heavy atom. The van der Waals surface area contributed by atoms with E-state index in [9.17, 15) is 9.59 Å². The number of pyridine rings is 1. The van der Waals surface area contributed by atoms with Crippen molar-refractivity contribution in [1.29, 1.82) is 0 Å². The fraction of sp³-hybridized carbons (Fsp3) is 0.261. The molecule has 2 heterocycles. The highest BCUT2D eigenvalue weighted by Crippen LogP contribution is 2.18. The summed E-state index contributed by atoms with van der Waals surface area (Å²) < 4.78 is 0. The van der Waals surface area contributed by atoms with E-state index in [1.807, 2.05) is 49.3 Å². The third kappa shape index (κ3) is 4.12. The zero-order valence-electron chi connectivity index (χ0n) is 16.6. The number of carbonyl (C=O) groups excluding carboxylic acids is 2. The molecule has 1 saturated heterocycles. The Bertz CT molecular complexity index is 1050. The number of likely N-dealkylation sites (N-methyl/N-ethyl adjacent to an activating group) is 1. The smallest absolute Gasteiger partial charge is 0.274 e. The van der Waals surface area contributed by atoms with Gasteiger partial charge in [0.15, 0.2) is 0 Å². The van der Waals surface area contributed by atoms with E-state index in [4.69, 9.17) is 0 Å². The highest BCUT2D eigenvalue weighted by Gasteiger charge is 2.27. The van der Waals surface area contributed by atoms with Crippen molar-refractivity contribution < 1.29 is 9.59 Å². The molecule has 0 bridgehead atoms.